The van der Waals surface area contributed by atoms with Crippen LogP contribution in [0.4, 0.5) is 19.0 Å². The van der Waals surface area contributed by atoms with Crippen LogP contribution >= 0.6 is 0 Å². The Balaban J connectivity index is 3.09. The Labute approximate surface area is 102 Å². The van der Waals surface area contributed by atoms with Gasteiger partial charge < -0.3 is 10.0 Å². The normalized spacial score (nSPS) is 11.4. The number of aromatic nitrogens is 1. The Morgan fingerprint density at radius 2 is 2.17 bits per heavy atom. The van der Waals surface area contributed by atoms with Crippen molar-refractivity contribution < 1.29 is 23.1 Å². The molecule has 0 saturated heterocycles. The summed E-state index contributed by atoms with van der Waals surface area (Å²) in [4.78, 5) is 16.0. The molecule has 1 rings (SSSR count). The second-order valence-corrected chi connectivity index (χ2v) is 3.69. The van der Waals surface area contributed by atoms with Gasteiger partial charge in [-0.05, 0) is 19.1 Å². The molecule has 0 amide bonds. The second-order valence-electron chi connectivity index (χ2n) is 3.69. The van der Waals surface area contributed by atoms with Crippen molar-refractivity contribution in [2.45, 2.75) is 13.1 Å². The van der Waals surface area contributed by atoms with Gasteiger partial charge in [-0.2, -0.15) is 13.2 Å². The summed E-state index contributed by atoms with van der Waals surface area (Å²) in [5.41, 5.74) is 0.107. The van der Waals surface area contributed by atoms with Gasteiger partial charge in [0.05, 0.1) is 12.2 Å². The molecule has 0 aliphatic heterocycles. The molecule has 1 aromatic heterocycles. The Kier molecular flexibility index (Phi) is 4.66. The zero-order valence-electron chi connectivity index (χ0n) is 9.74. The molecule has 1 aromatic rings. The summed E-state index contributed by atoms with van der Waals surface area (Å²) in [7, 11) is 0. The fourth-order valence-corrected chi connectivity index (χ4v) is 1.52. The summed E-state index contributed by atoms with van der Waals surface area (Å²) in [6, 6.07) is 2.89. The lowest BCUT2D eigenvalue weighted by Crippen LogP contribution is -2.37. The van der Waals surface area contributed by atoms with Crippen molar-refractivity contribution in [3.63, 3.8) is 0 Å². The van der Waals surface area contributed by atoms with Gasteiger partial charge in [-0.3, -0.25) is 4.79 Å². The van der Waals surface area contributed by atoms with Crippen molar-refractivity contribution in [3.8, 4) is 0 Å². The zero-order chi connectivity index (χ0) is 13.8. The lowest BCUT2D eigenvalue weighted by molar-refractivity contribution is -0.120. The zero-order valence-corrected chi connectivity index (χ0v) is 9.74. The van der Waals surface area contributed by atoms with Crippen LogP contribution in [0, 0.1) is 0 Å². The topological polar surface area (TPSA) is 53.4 Å². The number of carbonyl (C=O) groups excluding carboxylic acids is 1. The van der Waals surface area contributed by atoms with Crippen LogP contribution in [0.3, 0.4) is 0 Å². The summed E-state index contributed by atoms with van der Waals surface area (Å²) >= 11 is 0. The number of halogens is 3. The van der Waals surface area contributed by atoms with E-state index in [9.17, 15) is 18.0 Å². The van der Waals surface area contributed by atoms with E-state index >= 15 is 0 Å². The lowest BCUT2D eigenvalue weighted by atomic mass is 10.1. The minimum atomic E-state index is -4.43. The Hall–Kier alpha value is -1.63. The third kappa shape index (κ3) is 3.99. The molecule has 0 unspecified atom stereocenters. The number of hydrogen-bond donors (Lipinski definition) is 1. The van der Waals surface area contributed by atoms with Gasteiger partial charge in [0.1, 0.15) is 12.4 Å². The SMILES string of the molecule is CC(=O)c1cccnc1N(CCO)CC(F)(F)F. The number of Topliss-reactive ketones (excluding diaryl/α,β-unsaturated/α-hetero) is 1. The molecule has 0 aliphatic rings. The number of ketones is 1. The van der Waals surface area contributed by atoms with Crippen LogP contribution in [0.1, 0.15) is 17.3 Å². The first-order chi connectivity index (χ1) is 8.35. The monoisotopic (exact) mass is 262 g/mol. The third-order valence-corrected chi connectivity index (χ3v) is 2.21. The number of anilines is 1. The van der Waals surface area contributed by atoms with Gasteiger partial charge in [0.15, 0.2) is 5.78 Å². The first kappa shape index (κ1) is 14.4. The van der Waals surface area contributed by atoms with Crippen LogP contribution in [-0.2, 0) is 0 Å². The Bertz CT molecular complexity index is 421. The molecule has 1 N–H and O–H groups in total. The number of hydrogen-bond acceptors (Lipinski definition) is 4. The molecule has 7 heteroatoms. The van der Waals surface area contributed by atoms with E-state index in [2.05, 4.69) is 4.98 Å². The molecular formula is C11H13F3N2O2. The fraction of sp³-hybridized carbons (Fsp3) is 0.455. The highest BCUT2D eigenvalue weighted by atomic mass is 19.4. The standard InChI is InChI=1S/C11H13F3N2O2/c1-8(18)9-3-2-4-15-10(9)16(5-6-17)7-11(12,13)14/h2-4,17H,5-7H2,1H3. The Morgan fingerprint density at radius 1 is 1.50 bits per heavy atom. The van der Waals surface area contributed by atoms with E-state index in [1.54, 1.807) is 0 Å². The molecular weight excluding hydrogens is 249 g/mol. The summed E-state index contributed by atoms with van der Waals surface area (Å²) in [6.45, 7) is -0.698. The summed E-state index contributed by atoms with van der Waals surface area (Å²) in [5, 5.41) is 8.80. The predicted molar refractivity (Wildman–Crippen MR) is 59.6 cm³/mol. The van der Waals surface area contributed by atoms with Crippen molar-refractivity contribution in [1.82, 2.24) is 4.98 Å². The van der Waals surface area contributed by atoms with Crippen LogP contribution in [0.25, 0.3) is 0 Å². The average molecular weight is 262 g/mol. The highest BCUT2D eigenvalue weighted by Crippen LogP contribution is 2.23. The van der Waals surface area contributed by atoms with Crippen LogP contribution < -0.4 is 4.90 Å². The highest BCUT2D eigenvalue weighted by Gasteiger charge is 2.32. The number of pyridine rings is 1. The first-order valence-electron chi connectivity index (χ1n) is 5.23. The highest BCUT2D eigenvalue weighted by molar-refractivity contribution is 5.98. The second kappa shape index (κ2) is 5.81. The summed E-state index contributed by atoms with van der Waals surface area (Å²) in [6.07, 6.45) is -3.12. The third-order valence-electron chi connectivity index (χ3n) is 2.21. The molecule has 0 atom stereocenters. The van der Waals surface area contributed by atoms with Crippen molar-refractivity contribution in [1.29, 1.82) is 0 Å². The van der Waals surface area contributed by atoms with Gasteiger partial charge in [-0.15, -0.1) is 0 Å². The van der Waals surface area contributed by atoms with Gasteiger partial charge in [0, 0.05) is 12.7 Å². The van der Waals surface area contributed by atoms with Gasteiger partial charge >= 0.3 is 6.18 Å². The maximum Gasteiger partial charge on any atom is 0.405 e. The van der Waals surface area contributed by atoms with Gasteiger partial charge in [0.2, 0.25) is 0 Å². The maximum absolute atomic E-state index is 12.4. The minimum Gasteiger partial charge on any atom is -0.395 e. The van der Waals surface area contributed by atoms with Crippen molar-refractivity contribution >= 4 is 11.6 Å². The molecule has 0 aromatic carbocycles. The summed E-state index contributed by atoms with van der Waals surface area (Å²) in [5.74, 6) is -0.431. The van der Waals surface area contributed by atoms with Crippen molar-refractivity contribution in [3.05, 3.63) is 23.9 Å². The van der Waals surface area contributed by atoms with Crippen molar-refractivity contribution in [2.75, 3.05) is 24.6 Å². The maximum atomic E-state index is 12.4. The number of nitrogens with zero attached hydrogens (tertiary/aromatic N) is 2. The number of aliphatic hydroxyl groups excluding tert-OH is 1. The average Bonchev–Trinajstić information content (AvgIpc) is 2.26. The largest absolute Gasteiger partial charge is 0.405 e. The smallest absolute Gasteiger partial charge is 0.395 e. The van der Waals surface area contributed by atoms with E-state index < -0.39 is 19.3 Å². The van der Waals surface area contributed by atoms with Crippen LogP contribution in [0.2, 0.25) is 0 Å². The van der Waals surface area contributed by atoms with E-state index in [0.29, 0.717) is 0 Å². The first-order valence-corrected chi connectivity index (χ1v) is 5.23. The molecule has 0 bridgehead atoms. The van der Waals surface area contributed by atoms with E-state index in [1.165, 1.54) is 25.3 Å². The molecule has 100 valence electrons. The van der Waals surface area contributed by atoms with Crippen molar-refractivity contribution in [2.24, 2.45) is 0 Å². The molecule has 1 heterocycles. The van der Waals surface area contributed by atoms with Gasteiger partial charge in [-0.25, -0.2) is 4.98 Å². The predicted octanol–water partition coefficient (Wildman–Crippen LogP) is 1.65. The van der Waals surface area contributed by atoms with Gasteiger partial charge in [0.25, 0.3) is 0 Å². The molecule has 0 saturated carbocycles. The molecule has 4 nitrogen and oxygen atoms in total. The van der Waals surface area contributed by atoms with Crippen LogP contribution in [0.15, 0.2) is 18.3 Å². The number of alkyl halides is 3. The summed E-state index contributed by atoms with van der Waals surface area (Å²) < 4.78 is 37.2. The van der Waals surface area contributed by atoms with E-state index in [4.69, 9.17) is 5.11 Å². The number of aliphatic hydroxyl groups is 1. The van der Waals surface area contributed by atoms with E-state index in [-0.39, 0.29) is 23.7 Å². The minimum absolute atomic E-state index is 0.0589. The molecule has 0 radical (unpaired) electrons. The molecule has 0 aliphatic carbocycles. The Morgan fingerprint density at radius 3 is 2.67 bits per heavy atom. The van der Waals surface area contributed by atoms with Crippen LogP contribution in [-0.4, -0.2) is 41.7 Å². The van der Waals surface area contributed by atoms with Gasteiger partial charge in [-0.1, -0.05) is 0 Å². The quantitative estimate of drug-likeness (QED) is 0.820. The van der Waals surface area contributed by atoms with Crippen LogP contribution in [0.5, 0.6) is 0 Å². The number of carbonyl (C=O) groups is 1. The molecule has 0 spiro atoms. The molecule has 18 heavy (non-hydrogen) atoms. The van der Waals surface area contributed by atoms with E-state index in [0.717, 1.165) is 4.90 Å². The lowest BCUT2D eigenvalue weighted by Gasteiger charge is -2.25. The molecule has 0 fully saturated rings. The van der Waals surface area contributed by atoms with E-state index in [1.807, 2.05) is 0 Å². The fourth-order valence-electron chi connectivity index (χ4n) is 1.52. The number of rotatable bonds is 5.